The van der Waals surface area contributed by atoms with E-state index in [0.29, 0.717) is 23.1 Å². The quantitative estimate of drug-likeness (QED) is 0.885. The molecule has 0 atom stereocenters. The molecule has 21 heavy (non-hydrogen) atoms. The van der Waals surface area contributed by atoms with E-state index in [9.17, 15) is 4.79 Å². The van der Waals surface area contributed by atoms with E-state index in [1.165, 1.54) is 18.3 Å². The van der Waals surface area contributed by atoms with Gasteiger partial charge in [0.1, 0.15) is 6.61 Å². The molecule has 0 unspecified atom stereocenters. The Morgan fingerprint density at radius 3 is 2.76 bits per heavy atom. The minimum absolute atomic E-state index is 0.146. The van der Waals surface area contributed by atoms with Gasteiger partial charge in [-0.2, -0.15) is 0 Å². The zero-order chi connectivity index (χ0) is 15.2. The van der Waals surface area contributed by atoms with Crippen LogP contribution in [-0.2, 0) is 6.61 Å². The molecule has 0 amide bonds. The lowest BCUT2D eigenvalue weighted by Crippen LogP contribution is -2.03. The Balaban J connectivity index is 2.19. The minimum Gasteiger partial charge on any atom is -0.490 e. The van der Waals surface area contributed by atoms with Crippen LogP contribution in [0.15, 0.2) is 36.7 Å². The van der Waals surface area contributed by atoms with Crippen LogP contribution in [-0.4, -0.2) is 22.7 Å². The number of carboxylic acids is 1. The number of pyridine rings is 1. The maximum Gasteiger partial charge on any atom is 0.335 e. The van der Waals surface area contributed by atoms with E-state index in [-0.39, 0.29) is 12.2 Å². The summed E-state index contributed by atoms with van der Waals surface area (Å²) in [6.07, 6.45) is 3.17. The van der Waals surface area contributed by atoms with Gasteiger partial charge >= 0.3 is 5.97 Å². The third-order valence-corrected chi connectivity index (χ3v) is 3.07. The molecule has 1 heterocycles. The number of rotatable bonds is 6. The van der Waals surface area contributed by atoms with Crippen molar-refractivity contribution in [3.63, 3.8) is 0 Å². The van der Waals surface area contributed by atoms with E-state index in [4.69, 9.17) is 26.2 Å². The fraction of sp³-hybridized carbons (Fsp3) is 0.200. The minimum atomic E-state index is -1.01. The predicted molar refractivity (Wildman–Crippen MR) is 78.1 cm³/mol. The highest BCUT2D eigenvalue weighted by atomic mass is 35.5. The van der Waals surface area contributed by atoms with Gasteiger partial charge < -0.3 is 14.6 Å². The maximum atomic E-state index is 11.0. The van der Waals surface area contributed by atoms with Crippen molar-refractivity contribution in [3.05, 3.63) is 52.8 Å². The lowest BCUT2D eigenvalue weighted by molar-refractivity contribution is 0.0696. The fourth-order valence-electron chi connectivity index (χ4n) is 1.71. The highest BCUT2D eigenvalue weighted by Gasteiger charge is 2.11. The lowest BCUT2D eigenvalue weighted by Gasteiger charge is -2.13. The summed E-state index contributed by atoms with van der Waals surface area (Å²) in [6, 6.07) is 6.24. The number of hydrogen-bond donors (Lipinski definition) is 1. The first-order valence-electron chi connectivity index (χ1n) is 6.33. The Morgan fingerprint density at radius 2 is 2.10 bits per heavy atom. The number of aromatic carboxylic acids is 1. The van der Waals surface area contributed by atoms with E-state index in [1.54, 1.807) is 18.3 Å². The van der Waals surface area contributed by atoms with Crippen molar-refractivity contribution in [2.45, 2.75) is 13.5 Å². The molecule has 2 rings (SSSR count). The van der Waals surface area contributed by atoms with Crippen LogP contribution < -0.4 is 9.47 Å². The second-order valence-corrected chi connectivity index (χ2v) is 4.56. The molecule has 1 aromatic carbocycles. The Bertz CT molecular complexity index is 645. The third-order valence-electron chi connectivity index (χ3n) is 2.73. The average molecular weight is 308 g/mol. The molecule has 0 bridgehead atoms. The topological polar surface area (TPSA) is 68.7 Å². The highest BCUT2D eigenvalue weighted by molar-refractivity contribution is 6.31. The van der Waals surface area contributed by atoms with Gasteiger partial charge in [0.25, 0.3) is 0 Å². The van der Waals surface area contributed by atoms with Gasteiger partial charge in [-0.3, -0.25) is 4.98 Å². The first-order chi connectivity index (χ1) is 10.1. The molecule has 0 aliphatic carbocycles. The van der Waals surface area contributed by atoms with Crippen LogP contribution in [0.4, 0.5) is 0 Å². The van der Waals surface area contributed by atoms with Crippen molar-refractivity contribution in [2.75, 3.05) is 6.61 Å². The van der Waals surface area contributed by atoms with Gasteiger partial charge in [-0.25, -0.2) is 4.79 Å². The van der Waals surface area contributed by atoms with Crippen LogP contribution in [0.5, 0.6) is 11.5 Å². The first-order valence-corrected chi connectivity index (χ1v) is 6.71. The number of hydrogen-bond acceptors (Lipinski definition) is 4. The fourth-order valence-corrected chi connectivity index (χ4v) is 1.88. The molecule has 1 N–H and O–H groups in total. The van der Waals surface area contributed by atoms with Crippen LogP contribution in [0.3, 0.4) is 0 Å². The van der Waals surface area contributed by atoms with Crippen LogP contribution in [0.1, 0.15) is 22.8 Å². The second kappa shape index (κ2) is 6.95. The summed E-state index contributed by atoms with van der Waals surface area (Å²) in [7, 11) is 0. The number of nitrogens with zero attached hydrogens (tertiary/aromatic N) is 1. The Hall–Kier alpha value is -2.27. The molecule has 0 spiro atoms. The molecule has 2 aromatic rings. The van der Waals surface area contributed by atoms with Gasteiger partial charge in [0, 0.05) is 18.0 Å². The summed E-state index contributed by atoms with van der Waals surface area (Å²) in [6.45, 7) is 2.47. The molecule has 0 fully saturated rings. The smallest absolute Gasteiger partial charge is 0.335 e. The molecule has 6 heteroatoms. The second-order valence-electron chi connectivity index (χ2n) is 4.16. The average Bonchev–Trinajstić information content (AvgIpc) is 2.47. The predicted octanol–water partition coefficient (Wildman–Crippen LogP) is 3.41. The number of aromatic nitrogens is 1. The SMILES string of the molecule is CCOc1cc(C(=O)O)ccc1OCc1ccncc1Cl. The van der Waals surface area contributed by atoms with Crippen LogP contribution in [0, 0.1) is 0 Å². The molecule has 110 valence electrons. The molecule has 1 aromatic heterocycles. The molecule has 0 saturated heterocycles. The lowest BCUT2D eigenvalue weighted by atomic mass is 10.2. The van der Waals surface area contributed by atoms with Crippen molar-refractivity contribution in [1.82, 2.24) is 4.98 Å². The first kappa shape index (κ1) is 15.1. The zero-order valence-corrected chi connectivity index (χ0v) is 12.1. The molecule has 5 nitrogen and oxygen atoms in total. The molecular formula is C15H14ClNO4. The zero-order valence-electron chi connectivity index (χ0n) is 11.4. The molecule has 0 radical (unpaired) electrons. The Kier molecular flexibility index (Phi) is 5.00. The summed E-state index contributed by atoms with van der Waals surface area (Å²) in [5, 5.41) is 9.50. The van der Waals surface area contributed by atoms with Gasteiger partial charge in [0.15, 0.2) is 11.5 Å². The summed E-state index contributed by atoms with van der Waals surface area (Å²) < 4.78 is 11.1. The summed E-state index contributed by atoms with van der Waals surface area (Å²) in [4.78, 5) is 14.9. The summed E-state index contributed by atoms with van der Waals surface area (Å²) in [5.41, 5.74) is 0.934. The Labute approximate surface area is 127 Å². The standard InChI is InChI=1S/C15H14ClNO4/c1-2-20-14-7-10(15(18)19)3-4-13(14)21-9-11-5-6-17-8-12(11)16/h3-8H,2,9H2,1H3,(H,18,19). The summed E-state index contributed by atoms with van der Waals surface area (Å²) >= 11 is 6.01. The van der Waals surface area contributed by atoms with Crippen molar-refractivity contribution >= 4 is 17.6 Å². The van der Waals surface area contributed by atoms with Gasteiger partial charge in [-0.1, -0.05) is 11.6 Å². The molecule has 0 aliphatic rings. The third kappa shape index (κ3) is 3.86. The molecular weight excluding hydrogens is 294 g/mol. The van der Waals surface area contributed by atoms with E-state index in [0.717, 1.165) is 5.56 Å². The van der Waals surface area contributed by atoms with Crippen molar-refractivity contribution in [1.29, 1.82) is 0 Å². The monoisotopic (exact) mass is 307 g/mol. The normalized spacial score (nSPS) is 10.2. The van der Waals surface area contributed by atoms with Crippen molar-refractivity contribution in [2.24, 2.45) is 0 Å². The maximum absolute atomic E-state index is 11.0. The van der Waals surface area contributed by atoms with Crippen LogP contribution in [0.2, 0.25) is 5.02 Å². The van der Waals surface area contributed by atoms with Gasteiger partial charge in [0.2, 0.25) is 0 Å². The van der Waals surface area contributed by atoms with Crippen molar-refractivity contribution < 1.29 is 19.4 Å². The van der Waals surface area contributed by atoms with E-state index >= 15 is 0 Å². The Morgan fingerprint density at radius 1 is 1.29 bits per heavy atom. The summed E-state index contributed by atoms with van der Waals surface area (Å²) in [5.74, 6) is -0.156. The molecule has 0 aliphatic heterocycles. The number of carbonyl (C=O) groups is 1. The van der Waals surface area contributed by atoms with E-state index < -0.39 is 5.97 Å². The van der Waals surface area contributed by atoms with Crippen molar-refractivity contribution in [3.8, 4) is 11.5 Å². The van der Waals surface area contributed by atoms with E-state index in [1.807, 2.05) is 6.92 Å². The molecule has 0 saturated carbocycles. The van der Waals surface area contributed by atoms with Crippen LogP contribution >= 0.6 is 11.6 Å². The largest absolute Gasteiger partial charge is 0.490 e. The number of ether oxygens (including phenoxy) is 2. The van der Waals surface area contributed by atoms with Gasteiger partial charge in [-0.05, 0) is 31.2 Å². The van der Waals surface area contributed by atoms with Gasteiger partial charge in [0.05, 0.1) is 17.2 Å². The highest BCUT2D eigenvalue weighted by Crippen LogP contribution is 2.29. The van der Waals surface area contributed by atoms with Gasteiger partial charge in [-0.15, -0.1) is 0 Å². The van der Waals surface area contributed by atoms with E-state index in [2.05, 4.69) is 4.98 Å². The van der Waals surface area contributed by atoms with Crippen LogP contribution in [0.25, 0.3) is 0 Å². The number of carboxylic acid groups (broad SMARTS) is 1. The number of benzene rings is 1. The number of halogens is 1.